The maximum atomic E-state index is 5.36. The largest absolute Gasteiger partial charge is 0.493 e. The zero-order valence-electron chi connectivity index (χ0n) is 11.0. The molecule has 3 heteroatoms. The monoisotopic (exact) mass is 235 g/mol. The highest BCUT2D eigenvalue weighted by Gasteiger charge is 2.20. The van der Waals surface area contributed by atoms with Gasteiger partial charge in [-0.25, -0.2) is 0 Å². The summed E-state index contributed by atoms with van der Waals surface area (Å²) in [7, 11) is 3.37. The quantitative estimate of drug-likeness (QED) is 0.853. The van der Waals surface area contributed by atoms with Gasteiger partial charge in [0, 0.05) is 12.6 Å². The SMILES string of the molecule is COc1cc2c(cc1OC)CC(C)C(C)NC2. The van der Waals surface area contributed by atoms with Crippen LogP contribution in [-0.4, -0.2) is 20.3 Å². The highest BCUT2D eigenvalue weighted by atomic mass is 16.5. The van der Waals surface area contributed by atoms with Crippen LogP contribution in [0.2, 0.25) is 0 Å². The molecule has 0 radical (unpaired) electrons. The first-order valence-corrected chi connectivity index (χ1v) is 6.13. The van der Waals surface area contributed by atoms with E-state index in [0.717, 1.165) is 24.5 Å². The van der Waals surface area contributed by atoms with Crippen molar-refractivity contribution in [3.05, 3.63) is 23.3 Å². The molecule has 2 unspecified atom stereocenters. The molecule has 2 rings (SSSR count). The highest BCUT2D eigenvalue weighted by molar-refractivity contribution is 5.48. The van der Waals surface area contributed by atoms with Gasteiger partial charge in [0.25, 0.3) is 0 Å². The van der Waals surface area contributed by atoms with Crippen LogP contribution in [0.3, 0.4) is 0 Å². The van der Waals surface area contributed by atoms with Crippen molar-refractivity contribution in [2.24, 2.45) is 5.92 Å². The van der Waals surface area contributed by atoms with E-state index in [1.165, 1.54) is 11.1 Å². The second kappa shape index (κ2) is 4.96. The Morgan fingerprint density at radius 3 is 2.24 bits per heavy atom. The lowest BCUT2D eigenvalue weighted by molar-refractivity contribution is 0.354. The number of rotatable bonds is 2. The zero-order valence-corrected chi connectivity index (χ0v) is 11.0. The summed E-state index contributed by atoms with van der Waals surface area (Å²) in [6.07, 6.45) is 1.09. The van der Waals surface area contributed by atoms with Crippen molar-refractivity contribution in [3.8, 4) is 11.5 Å². The number of methoxy groups -OCH3 is 2. The Balaban J connectivity index is 2.40. The summed E-state index contributed by atoms with van der Waals surface area (Å²) in [6, 6.07) is 4.75. The molecule has 1 aromatic carbocycles. The van der Waals surface area contributed by atoms with Gasteiger partial charge in [-0.15, -0.1) is 0 Å². The molecule has 3 nitrogen and oxygen atoms in total. The third-order valence-corrected chi connectivity index (χ3v) is 3.72. The van der Waals surface area contributed by atoms with Crippen molar-refractivity contribution < 1.29 is 9.47 Å². The first-order chi connectivity index (χ1) is 8.15. The van der Waals surface area contributed by atoms with E-state index >= 15 is 0 Å². The van der Waals surface area contributed by atoms with E-state index < -0.39 is 0 Å². The Hall–Kier alpha value is -1.22. The number of fused-ring (bicyclic) bond motifs is 1. The summed E-state index contributed by atoms with van der Waals surface area (Å²) in [5.41, 5.74) is 2.69. The smallest absolute Gasteiger partial charge is 0.161 e. The lowest BCUT2D eigenvalue weighted by atomic mass is 9.94. The second-order valence-electron chi connectivity index (χ2n) is 4.83. The van der Waals surface area contributed by atoms with Gasteiger partial charge in [-0.05, 0) is 42.5 Å². The van der Waals surface area contributed by atoms with E-state index in [-0.39, 0.29) is 0 Å². The molecule has 0 saturated carbocycles. The standard InChI is InChI=1S/C14H21NO2/c1-9-5-11-6-13(16-3)14(17-4)7-12(11)8-15-10(9)2/h6-7,9-10,15H,5,8H2,1-4H3. The third kappa shape index (κ3) is 2.39. The molecule has 0 amide bonds. The van der Waals surface area contributed by atoms with Gasteiger partial charge in [-0.3, -0.25) is 0 Å². The molecule has 1 aromatic rings. The predicted molar refractivity (Wildman–Crippen MR) is 68.7 cm³/mol. The minimum absolute atomic E-state index is 0.541. The molecule has 94 valence electrons. The predicted octanol–water partition coefficient (Wildman–Crippen LogP) is 2.37. The van der Waals surface area contributed by atoms with E-state index in [9.17, 15) is 0 Å². The number of hydrogen-bond acceptors (Lipinski definition) is 3. The van der Waals surface area contributed by atoms with Crippen LogP contribution in [0.4, 0.5) is 0 Å². The third-order valence-electron chi connectivity index (χ3n) is 3.72. The van der Waals surface area contributed by atoms with Crippen LogP contribution < -0.4 is 14.8 Å². The number of nitrogens with one attached hydrogen (secondary N) is 1. The Bertz CT molecular complexity index is 403. The number of hydrogen-bond donors (Lipinski definition) is 1. The molecule has 0 fully saturated rings. The van der Waals surface area contributed by atoms with Crippen molar-refractivity contribution in [1.82, 2.24) is 5.32 Å². The van der Waals surface area contributed by atoms with Crippen molar-refractivity contribution >= 4 is 0 Å². The maximum absolute atomic E-state index is 5.36. The van der Waals surface area contributed by atoms with E-state index in [4.69, 9.17) is 9.47 Å². The van der Waals surface area contributed by atoms with Gasteiger partial charge in [-0.2, -0.15) is 0 Å². The molecular formula is C14H21NO2. The fraction of sp³-hybridized carbons (Fsp3) is 0.571. The van der Waals surface area contributed by atoms with Crippen molar-refractivity contribution in [1.29, 1.82) is 0 Å². The minimum Gasteiger partial charge on any atom is -0.493 e. The van der Waals surface area contributed by atoms with Crippen LogP contribution in [0.15, 0.2) is 12.1 Å². The number of ether oxygens (including phenoxy) is 2. The van der Waals surface area contributed by atoms with E-state index in [0.29, 0.717) is 12.0 Å². The van der Waals surface area contributed by atoms with Gasteiger partial charge in [0.15, 0.2) is 11.5 Å². The van der Waals surface area contributed by atoms with Gasteiger partial charge in [0.2, 0.25) is 0 Å². The summed E-state index contributed by atoms with van der Waals surface area (Å²) in [5, 5.41) is 3.54. The molecule has 1 aliphatic rings. The van der Waals surface area contributed by atoms with Crippen molar-refractivity contribution in [2.45, 2.75) is 32.9 Å². The van der Waals surface area contributed by atoms with E-state index in [2.05, 4.69) is 31.3 Å². The first kappa shape index (κ1) is 12.2. The van der Waals surface area contributed by atoms with E-state index in [1.807, 2.05) is 0 Å². The number of benzene rings is 1. The Morgan fingerprint density at radius 2 is 1.65 bits per heavy atom. The van der Waals surface area contributed by atoms with Gasteiger partial charge in [0.05, 0.1) is 14.2 Å². The van der Waals surface area contributed by atoms with Crippen LogP contribution in [0, 0.1) is 5.92 Å². The lowest BCUT2D eigenvalue weighted by Crippen LogP contribution is -2.29. The molecule has 0 aromatic heterocycles. The minimum atomic E-state index is 0.541. The van der Waals surface area contributed by atoms with Crippen LogP contribution in [0.1, 0.15) is 25.0 Å². The molecule has 0 saturated heterocycles. The topological polar surface area (TPSA) is 30.5 Å². The second-order valence-corrected chi connectivity index (χ2v) is 4.83. The molecule has 17 heavy (non-hydrogen) atoms. The molecule has 1 N–H and O–H groups in total. The average Bonchev–Trinajstić information content (AvgIpc) is 2.48. The Kier molecular flexibility index (Phi) is 3.57. The van der Waals surface area contributed by atoms with Crippen molar-refractivity contribution in [2.75, 3.05) is 14.2 Å². The van der Waals surface area contributed by atoms with Crippen LogP contribution in [0.25, 0.3) is 0 Å². The zero-order chi connectivity index (χ0) is 12.4. The Morgan fingerprint density at radius 1 is 1.06 bits per heavy atom. The molecular weight excluding hydrogens is 214 g/mol. The van der Waals surface area contributed by atoms with Gasteiger partial charge < -0.3 is 14.8 Å². The molecule has 1 heterocycles. The fourth-order valence-corrected chi connectivity index (χ4v) is 2.31. The Labute approximate surface area is 103 Å². The summed E-state index contributed by atoms with van der Waals surface area (Å²) in [5.74, 6) is 2.28. The van der Waals surface area contributed by atoms with Crippen molar-refractivity contribution in [3.63, 3.8) is 0 Å². The summed E-state index contributed by atoms with van der Waals surface area (Å²) >= 11 is 0. The van der Waals surface area contributed by atoms with Gasteiger partial charge in [-0.1, -0.05) is 6.92 Å². The average molecular weight is 235 g/mol. The van der Waals surface area contributed by atoms with Crippen LogP contribution in [-0.2, 0) is 13.0 Å². The van der Waals surface area contributed by atoms with Crippen LogP contribution >= 0.6 is 0 Å². The molecule has 0 spiro atoms. The molecule has 0 aliphatic carbocycles. The van der Waals surface area contributed by atoms with E-state index in [1.54, 1.807) is 14.2 Å². The highest BCUT2D eigenvalue weighted by Crippen LogP contribution is 2.33. The first-order valence-electron chi connectivity index (χ1n) is 6.13. The maximum Gasteiger partial charge on any atom is 0.161 e. The molecule has 2 atom stereocenters. The molecule has 0 bridgehead atoms. The summed E-state index contributed by atoms with van der Waals surface area (Å²) < 4.78 is 10.7. The summed E-state index contributed by atoms with van der Waals surface area (Å²) in [4.78, 5) is 0. The summed E-state index contributed by atoms with van der Waals surface area (Å²) in [6.45, 7) is 5.43. The van der Waals surface area contributed by atoms with Crippen LogP contribution in [0.5, 0.6) is 11.5 Å². The molecule has 1 aliphatic heterocycles. The normalized spacial score (nSPS) is 23.8. The van der Waals surface area contributed by atoms with Gasteiger partial charge >= 0.3 is 0 Å². The van der Waals surface area contributed by atoms with Gasteiger partial charge in [0.1, 0.15) is 0 Å². The fourth-order valence-electron chi connectivity index (χ4n) is 2.31. The lowest BCUT2D eigenvalue weighted by Gasteiger charge is -2.16.